The van der Waals surface area contributed by atoms with Crippen LogP contribution in [0.5, 0.6) is 11.5 Å². The lowest BCUT2D eigenvalue weighted by Gasteiger charge is -2.16. The number of phenols is 1. The number of ether oxygens (including phenoxy) is 1. The van der Waals surface area contributed by atoms with Crippen molar-refractivity contribution in [2.24, 2.45) is 0 Å². The van der Waals surface area contributed by atoms with Crippen LogP contribution in [0.1, 0.15) is 45.2 Å². The minimum absolute atomic E-state index is 0.273. The number of hydrogen-bond acceptors (Lipinski definition) is 3. The Bertz CT molecular complexity index is 735. The van der Waals surface area contributed by atoms with Gasteiger partial charge in [0.15, 0.2) is 0 Å². The van der Waals surface area contributed by atoms with E-state index in [2.05, 4.69) is 33.1 Å². The Morgan fingerprint density at radius 3 is 2.14 bits per heavy atom. The SMILES string of the molecule is C=CCc1ccc(O)c(-c2ccc(OCN(C)C)c(CC=C)c2)c1.CC.CCC. The summed E-state index contributed by atoms with van der Waals surface area (Å²) in [5.74, 6) is 1.11. The van der Waals surface area contributed by atoms with Crippen LogP contribution in [0.15, 0.2) is 61.7 Å². The van der Waals surface area contributed by atoms with Crippen molar-refractivity contribution < 1.29 is 9.84 Å². The average molecular weight is 398 g/mol. The monoisotopic (exact) mass is 397 g/mol. The zero-order valence-electron chi connectivity index (χ0n) is 19.2. The zero-order valence-corrected chi connectivity index (χ0v) is 19.2. The van der Waals surface area contributed by atoms with Gasteiger partial charge in [0, 0.05) is 5.56 Å². The first-order chi connectivity index (χ1) is 14.0. The van der Waals surface area contributed by atoms with Gasteiger partial charge in [0.1, 0.15) is 18.2 Å². The summed E-state index contributed by atoms with van der Waals surface area (Å²) in [5.41, 5.74) is 3.96. The molecule has 0 aliphatic heterocycles. The maximum absolute atomic E-state index is 10.2. The Morgan fingerprint density at radius 2 is 1.59 bits per heavy atom. The molecular formula is C26H39NO2. The molecule has 160 valence electrons. The molecule has 0 atom stereocenters. The molecule has 0 heterocycles. The van der Waals surface area contributed by atoms with Gasteiger partial charge in [-0.1, -0.05) is 58.4 Å². The molecule has 0 fully saturated rings. The fourth-order valence-corrected chi connectivity index (χ4v) is 2.51. The summed E-state index contributed by atoms with van der Waals surface area (Å²) in [6, 6.07) is 11.6. The minimum atomic E-state index is 0.273. The van der Waals surface area contributed by atoms with Crippen molar-refractivity contribution in [1.82, 2.24) is 4.90 Å². The number of benzene rings is 2. The summed E-state index contributed by atoms with van der Waals surface area (Å²) >= 11 is 0. The van der Waals surface area contributed by atoms with E-state index < -0.39 is 0 Å². The van der Waals surface area contributed by atoms with Gasteiger partial charge in [-0.3, -0.25) is 4.90 Å². The molecule has 2 rings (SSSR count). The first-order valence-electron chi connectivity index (χ1n) is 10.4. The van der Waals surface area contributed by atoms with E-state index in [1.54, 1.807) is 6.07 Å². The fraction of sp³-hybridized carbons (Fsp3) is 0.385. The quantitative estimate of drug-likeness (QED) is 0.390. The summed E-state index contributed by atoms with van der Waals surface area (Å²) in [6.45, 7) is 16.4. The molecule has 0 aromatic heterocycles. The van der Waals surface area contributed by atoms with Crippen LogP contribution in [0, 0.1) is 0 Å². The van der Waals surface area contributed by atoms with Gasteiger partial charge < -0.3 is 9.84 Å². The number of phenolic OH excluding ortho intramolecular Hbond substituents is 1. The maximum Gasteiger partial charge on any atom is 0.141 e. The Labute approximate surface area is 178 Å². The summed E-state index contributed by atoms with van der Waals surface area (Å²) in [4.78, 5) is 1.97. The van der Waals surface area contributed by atoms with Crippen LogP contribution in [-0.4, -0.2) is 30.8 Å². The second kappa shape index (κ2) is 15.4. The summed E-state index contributed by atoms with van der Waals surface area (Å²) < 4.78 is 5.84. The highest BCUT2D eigenvalue weighted by atomic mass is 16.5. The normalized spacial score (nSPS) is 9.62. The first kappa shape index (κ1) is 26.5. The molecule has 29 heavy (non-hydrogen) atoms. The topological polar surface area (TPSA) is 32.7 Å². The van der Waals surface area contributed by atoms with Gasteiger partial charge in [-0.15, -0.1) is 13.2 Å². The molecule has 0 aliphatic rings. The van der Waals surface area contributed by atoms with Crippen LogP contribution < -0.4 is 4.74 Å². The molecular weight excluding hydrogens is 358 g/mol. The van der Waals surface area contributed by atoms with Gasteiger partial charge in [0.05, 0.1) is 0 Å². The average Bonchev–Trinajstić information content (AvgIpc) is 2.71. The molecule has 0 amide bonds. The summed E-state index contributed by atoms with van der Waals surface area (Å²) in [6.07, 6.45) is 6.45. The highest BCUT2D eigenvalue weighted by Gasteiger charge is 2.10. The largest absolute Gasteiger partial charge is 0.507 e. The van der Waals surface area contributed by atoms with E-state index in [1.807, 2.05) is 69.3 Å². The Morgan fingerprint density at radius 1 is 0.966 bits per heavy atom. The molecule has 2 aromatic carbocycles. The third kappa shape index (κ3) is 9.49. The highest BCUT2D eigenvalue weighted by molar-refractivity contribution is 5.72. The second-order valence-electron chi connectivity index (χ2n) is 6.72. The smallest absolute Gasteiger partial charge is 0.141 e. The molecule has 0 bridgehead atoms. The van der Waals surface area contributed by atoms with Crippen molar-refractivity contribution >= 4 is 0 Å². The highest BCUT2D eigenvalue weighted by Crippen LogP contribution is 2.33. The van der Waals surface area contributed by atoms with E-state index >= 15 is 0 Å². The molecule has 0 radical (unpaired) electrons. The Kier molecular flexibility index (Phi) is 14.1. The van der Waals surface area contributed by atoms with Gasteiger partial charge in [-0.05, 0) is 67.9 Å². The van der Waals surface area contributed by atoms with E-state index in [1.165, 1.54) is 6.42 Å². The molecule has 0 spiro atoms. The first-order valence-corrected chi connectivity index (χ1v) is 10.4. The van der Waals surface area contributed by atoms with Crippen molar-refractivity contribution in [1.29, 1.82) is 0 Å². The second-order valence-corrected chi connectivity index (χ2v) is 6.72. The van der Waals surface area contributed by atoms with Gasteiger partial charge in [0.25, 0.3) is 0 Å². The third-order valence-electron chi connectivity index (χ3n) is 3.65. The molecule has 1 N–H and O–H groups in total. The molecule has 2 aromatic rings. The number of allylic oxidation sites excluding steroid dienone is 2. The lowest BCUT2D eigenvalue weighted by atomic mass is 9.97. The standard InChI is InChI=1S/C21H25NO2.C3H8.C2H6/c1-5-7-16-9-11-20(23)19(13-16)17-10-12-21(24-15-22(3)4)18(14-17)8-6-2;1-3-2;1-2/h5-6,9-14,23H,1-2,7-8,15H2,3-4H3;3H2,1-2H3;1-2H3. The van der Waals surface area contributed by atoms with Gasteiger partial charge in [-0.2, -0.15) is 0 Å². The zero-order chi connectivity index (χ0) is 22.2. The Hall–Kier alpha value is -2.52. The molecule has 0 saturated carbocycles. The summed E-state index contributed by atoms with van der Waals surface area (Å²) in [7, 11) is 3.93. The van der Waals surface area contributed by atoms with Gasteiger partial charge >= 0.3 is 0 Å². The lowest BCUT2D eigenvalue weighted by Crippen LogP contribution is -2.18. The van der Waals surface area contributed by atoms with Crippen LogP contribution in [0.4, 0.5) is 0 Å². The van der Waals surface area contributed by atoms with E-state index in [4.69, 9.17) is 4.74 Å². The van der Waals surface area contributed by atoms with Crippen molar-refractivity contribution in [3.63, 3.8) is 0 Å². The lowest BCUT2D eigenvalue weighted by molar-refractivity contribution is 0.178. The van der Waals surface area contributed by atoms with E-state index in [-0.39, 0.29) is 5.75 Å². The molecule has 0 saturated heterocycles. The van der Waals surface area contributed by atoms with Crippen molar-refractivity contribution in [2.75, 3.05) is 20.8 Å². The number of hydrogen-bond donors (Lipinski definition) is 1. The van der Waals surface area contributed by atoms with E-state index in [0.29, 0.717) is 13.2 Å². The van der Waals surface area contributed by atoms with Crippen LogP contribution in [0.3, 0.4) is 0 Å². The van der Waals surface area contributed by atoms with Gasteiger partial charge in [-0.25, -0.2) is 0 Å². The van der Waals surface area contributed by atoms with Crippen molar-refractivity contribution in [3.05, 3.63) is 72.8 Å². The number of nitrogens with zero attached hydrogens (tertiary/aromatic N) is 1. The van der Waals surface area contributed by atoms with Gasteiger partial charge in [0.2, 0.25) is 0 Å². The predicted molar refractivity (Wildman–Crippen MR) is 128 cm³/mol. The van der Waals surface area contributed by atoms with Crippen molar-refractivity contribution in [3.8, 4) is 22.6 Å². The Balaban J connectivity index is 0.00000143. The minimum Gasteiger partial charge on any atom is -0.507 e. The molecule has 3 nitrogen and oxygen atoms in total. The van der Waals surface area contributed by atoms with Crippen LogP contribution in [0.25, 0.3) is 11.1 Å². The fourth-order valence-electron chi connectivity index (χ4n) is 2.51. The predicted octanol–water partition coefficient (Wildman–Crippen LogP) is 6.86. The van der Waals surface area contributed by atoms with Crippen LogP contribution in [0.2, 0.25) is 0 Å². The third-order valence-corrected chi connectivity index (χ3v) is 3.65. The van der Waals surface area contributed by atoms with Crippen LogP contribution >= 0.6 is 0 Å². The molecule has 0 aliphatic carbocycles. The number of aromatic hydroxyl groups is 1. The molecule has 0 unspecified atom stereocenters. The summed E-state index contributed by atoms with van der Waals surface area (Å²) in [5, 5.41) is 10.2. The maximum atomic E-state index is 10.2. The van der Waals surface area contributed by atoms with E-state index in [9.17, 15) is 5.11 Å². The molecule has 3 heteroatoms. The van der Waals surface area contributed by atoms with Crippen LogP contribution in [-0.2, 0) is 12.8 Å². The van der Waals surface area contributed by atoms with E-state index in [0.717, 1.165) is 34.4 Å². The van der Waals surface area contributed by atoms with Crippen molar-refractivity contribution in [2.45, 2.75) is 47.0 Å². The number of rotatable bonds is 8.